The molecule has 88 valence electrons. The molecule has 0 bridgehead atoms. The summed E-state index contributed by atoms with van der Waals surface area (Å²) in [5.74, 6) is -0.194. The molecule has 4 nitrogen and oxygen atoms in total. The van der Waals surface area contributed by atoms with Crippen LogP contribution in [0.4, 0.5) is 0 Å². The molecule has 1 unspecified atom stereocenters. The van der Waals surface area contributed by atoms with Crippen LogP contribution in [0.15, 0.2) is 28.7 Å². The standard InChI is InChI=1S/C11H15BrN2O2/c1-16-10(6-13)11(15)14-7-8-4-2-3-5-9(8)12/h2-5,10H,6-7,13H2,1H3,(H,14,15). The Morgan fingerprint density at radius 1 is 1.56 bits per heavy atom. The number of benzene rings is 1. The third kappa shape index (κ3) is 3.59. The van der Waals surface area contributed by atoms with E-state index < -0.39 is 6.10 Å². The van der Waals surface area contributed by atoms with Crippen LogP contribution in [-0.2, 0) is 16.1 Å². The van der Waals surface area contributed by atoms with E-state index >= 15 is 0 Å². The number of nitrogens with two attached hydrogens (primary N) is 1. The van der Waals surface area contributed by atoms with Crippen molar-refractivity contribution in [1.82, 2.24) is 5.32 Å². The van der Waals surface area contributed by atoms with E-state index in [0.29, 0.717) is 6.54 Å². The summed E-state index contributed by atoms with van der Waals surface area (Å²) in [6.07, 6.45) is -0.581. The maximum Gasteiger partial charge on any atom is 0.250 e. The van der Waals surface area contributed by atoms with Crippen molar-refractivity contribution < 1.29 is 9.53 Å². The molecule has 0 aromatic heterocycles. The molecule has 0 aliphatic carbocycles. The number of ether oxygens (including phenoxy) is 1. The monoisotopic (exact) mass is 286 g/mol. The summed E-state index contributed by atoms with van der Waals surface area (Å²) in [4.78, 5) is 11.6. The van der Waals surface area contributed by atoms with E-state index in [1.807, 2.05) is 24.3 Å². The van der Waals surface area contributed by atoms with Gasteiger partial charge in [0.1, 0.15) is 6.10 Å². The minimum atomic E-state index is -0.581. The average Bonchev–Trinajstić information content (AvgIpc) is 2.29. The zero-order chi connectivity index (χ0) is 12.0. The van der Waals surface area contributed by atoms with Crippen molar-refractivity contribution in [2.75, 3.05) is 13.7 Å². The van der Waals surface area contributed by atoms with Crippen LogP contribution < -0.4 is 11.1 Å². The molecule has 0 aliphatic rings. The zero-order valence-corrected chi connectivity index (χ0v) is 10.7. The van der Waals surface area contributed by atoms with E-state index in [-0.39, 0.29) is 12.5 Å². The van der Waals surface area contributed by atoms with Crippen molar-refractivity contribution in [2.45, 2.75) is 12.6 Å². The molecule has 1 amide bonds. The summed E-state index contributed by atoms with van der Waals surface area (Å²) in [5.41, 5.74) is 6.40. The minimum absolute atomic E-state index is 0.179. The molecule has 1 aromatic carbocycles. The molecule has 0 aliphatic heterocycles. The van der Waals surface area contributed by atoms with E-state index in [9.17, 15) is 4.79 Å². The lowest BCUT2D eigenvalue weighted by Gasteiger charge is -2.13. The van der Waals surface area contributed by atoms with E-state index in [1.165, 1.54) is 7.11 Å². The smallest absolute Gasteiger partial charge is 0.250 e. The summed E-state index contributed by atoms with van der Waals surface area (Å²) in [6, 6.07) is 7.71. The maximum atomic E-state index is 11.6. The van der Waals surface area contributed by atoms with Gasteiger partial charge in [-0.05, 0) is 11.6 Å². The van der Waals surface area contributed by atoms with Crippen LogP contribution in [0, 0.1) is 0 Å². The van der Waals surface area contributed by atoms with Gasteiger partial charge in [0.05, 0.1) is 0 Å². The van der Waals surface area contributed by atoms with E-state index in [2.05, 4.69) is 21.2 Å². The molecule has 0 spiro atoms. The normalized spacial score (nSPS) is 12.2. The topological polar surface area (TPSA) is 64.3 Å². The Balaban J connectivity index is 2.52. The highest BCUT2D eigenvalue weighted by Gasteiger charge is 2.15. The van der Waals surface area contributed by atoms with Crippen LogP contribution in [0.1, 0.15) is 5.56 Å². The molecule has 3 N–H and O–H groups in total. The van der Waals surface area contributed by atoms with Crippen LogP contribution in [0.2, 0.25) is 0 Å². The molecule has 5 heteroatoms. The van der Waals surface area contributed by atoms with Crippen LogP contribution in [-0.4, -0.2) is 25.7 Å². The van der Waals surface area contributed by atoms with Crippen molar-refractivity contribution in [2.24, 2.45) is 5.73 Å². The number of carbonyl (C=O) groups is 1. The summed E-state index contributed by atoms with van der Waals surface area (Å²) < 4.78 is 5.90. The number of carbonyl (C=O) groups excluding carboxylic acids is 1. The molecule has 0 fully saturated rings. The number of halogens is 1. The SMILES string of the molecule is COC(CN)C(=O)NCc1ccccc1Br. The number of nitrogens with one attached hydrogen (secondary N) is 1. The number of hydrogen-bond acceptors (Lipinski definition) is 3. The molecule has 16 heavy (non-hydrogen) atoms. The van der Waals surface area contributed by atoms with Gasteiger partial charge in [0, 0.05) is 24.7 Å². The van der Waals surface area contributed by atoms with Crippen molar-refractivity contribution in [1.29, 1.82) is 0 Å². The summed E-state index contributed by atoms with van der Waals surface area (Å²) >= 11 is 3.41. The predicted octanol–water partition coefficient (Wildman–Crippen LogP) is 1.04. The zero-order valence-electron chi connectivity index (χ0n) is 9.07. The van der Waals surface area contributed by atoms with E-state index in [4.69, 9.17) is 10.5 Å². The van der Waals surface area contributed by atoms with Crippen LogP contribution >= 0.6 is 15.9 Å². The highest BCUT2D eigenvalue weighted by atomic mass is 79.9. The van der Waals surface area contributed by atoms with Gasteiger partial charge < -0.3 is 15.8 Å². The number of hydrogen-bond donors (Lipinski definition) is 2. The maximum absolute atomic E-state index is 11.6. The highest BCUT2D eigenvalue weighted by molar-refractivity contribution is 9.10. The van der Waals surface area contributed by atoms with E-state index in [0.717, 1.165) is 10.0 Å². The highest BCUT2D eigenvalue weighted by Crippen LogP contribution is 2.15. The first-order valence-electron chi connectivity index (χ1n) is 4.93. The van der Waals surface area contributed by atoms with Crippen LogP contribution in [0.3, 0.4) is 0 Å². The van der Waals surface area contributed by atoms with Gasteiger partial charge in [-0.2, -0.15) is 0 Å². The Morgan fingerprint density at radius 2 is 2.25 bits per heavy atom. The molecule has 0 saturated heterocycles. The van der Waals surface area contributed by atoms with Gasteiger partial charge in [-0.1, -0.05) is 34.1 Å². The van der Waals surface area contributed by atoms with Crippen LogP contribution in [0.25, 0.3) is 0 Å². The second-order valence-corrected chi connectivity index (χ2v) is 4.12. The largest absolute Gasteiger partial charge is 0.370 e. The Hall–Kier alpha value is -0.910. The second kappa shape index (κ2) is 6.62. The number of methoxy groups -OCH3 is 1. The Labute approximate surface area is 103 Å². The molecule has 1 rings (SSSR count). The fraction of sp³-hybridized carbons (Fsp3) is 0.364. The lowest BCUT2D eigenvalue weighted by atomic mass is 10.2. The lowest BCUT2D eigenvalue weighted by molar-refractivity contribution is -0.130. The molecular formula is C11H15BrN2O2. The third-order valence-electron chi connectivity index (χ3n) is 2.20. The molecule has 1 atom stereocenters. The van der Waals surface area contributed by atoms with Gasteiger partial charge in [0.2, 0.25) is 0 Å². The minimum Gasteiger partial charge on any atom is -0.370 e. The van der Waals surface area contributed by atoms with Crippen LogP contribution in [0.5, 0.6) is 0 Å². The fourth-order valence-corrected chi connectivity index (χ4v) is 1.67. The first-order valence-corrected chi connectivity index (χ1v) is 5.72. The van der Waals surface area contributed by atoms with Crippen molar-refractivity contribution >= 4 is 21.8 Å². The molecule has 1 aromatic rings. The Kier molecular flexibility index (Phi) is 5.45. The van der Waals surface area contributed by atoms with Crippen molar-refractivity contribution in [3.05, 3.63) is 34.3 Å². The van der Waals surface area contributed by atoms with E-state index in [1.54, 1.807) is 0 Å². The fourth-order valence-electron chi connectivity index (χ4n) is 1.25. The number of amides is 1. The predicted molar refractivity (Wildman–Crippen MR) is 65.8 cm³/mol. The van der Waals surface area contributed by atoms with Gasteiger partial charge >= 0.3 is 0 Å². The van der Waals surface area contributed by atoms with Crippen molar-refractivity contribution in [3.8, 4) is 0 Å². The van der Waals surface area contributed by atoms with Gasteiger partial charge in [0.25, 0.3) is 5.91 Å². The molecule has 0 radical (unpaired) electrons. The van der Waals surface area contributed by atoms with Crippen molar-refractivity contribution in [3.63, 3.8) is 0 Å². The first-order chi connectivity index (χ1) is 7.69. The summed E-state index contributed by atoms with van der Waals surface area (Å²) in [7, 11) is 1.47. The van der Waals surface area contributed by atoms with Gasteiger partial charge in [-0.3, -0.25) is 4.79 Å². The molecule has 0 saturated carbocycles. The third-order valence-corrected chi connectivity index (χ3v) is 2.98. The average molecular weight is 287 g/mol. The second-order valence-electron chi connectivity index (χ2n) is 3.27. The summed E-state index contributed by atoms with van der Waals surface area (Å²) in [6.45, 7) is 0.637. The quantitative estimate of drug-likeness (QED) is 0.850. The van der Waals surface area contributed by atoms with Gasteiger partial charge in [0.15, 0.2) is 0 Å². The Morgan fingerprint density at radius 3 is 2.81 bits per heavy atom. The molecule has 0 heterocycles. The summed E-state index contributed by atoms with van der Waals surface area (Å²) in [5, 5.41) is 2.77. The molecular weight excluding hydrogens is 272 g/mol. The van der Waals surface area contributed by atoms with Gasteiger partial charge in [-0.25, -0.2) is 0 Å². The Bertz CT molecular complexity index is 354. The number of rotatable bonds is 5. The van der Waals surface area contributed by atoms with Gasteiger partial charge in [-0.15, -0.1) is 0 Å². The first kappa shape index (κ1) is 13.2. The lowest BCUT2D eigenvalue weighted by Crippen LogP contribution is -2.40.